The quantitative estimate of drug-likeness (QED) is 0.713. The van der Waals surface area contributed by atoms with Crippen LogP contribution in [0.5, 0.6) is 5.75 Å². The van der Waals surface area contributed by atoms with Crippen LogP contribution in [0.25, 0.3) is 11.1 Å². The third-order valence-electron chi connectivity index (χ3n) is 4.71. The van der Waals surface area contributed by atoms with E-state index in [1.165, 1.54) is 23.2 Å². The number of imidazole rings is 1. The fourth-order valence-corrected chi connectivity index (χ4v) is 3.63. The number of nitrogens with zero attached hydrogens (tertiary/aromatic N) is 2. The normalized spacial score (nSPS) is 16.8. The van der Waals surface area contributed by atoms with E-state index in [0.717, 1.165) is 24.2 Å². The van der Waals surface area contributed by atoms with Gasteiger partial charge in [0.1, 0.15) is 5.75 Å². The molecule has 3 heteroatoms. The first-order chi connectivity index (χ1) is 11.4. The number of para-hydroxylation sites is 1. The molecule has 0 radical (unpaired) electrons. The molecule has 2 aromatic carbocycles. The van der Waals surface area contributed by atoms with Gasteiger partial charge in [0.15, 0.2) is 0 Å². The molecule has 0 bridgehead atoms. The number of ether oxygens (including phenoxy) is 1. The standard InChI is InChI=1S/C20H20N2O/c1-23-20-12-5-4-10-18(20)16-8-2-3-9-17(16)19-11-6-7-15-13-21-14-22(15)19/h2-5,8-10,12-14,19H,6-7,11H2,1H3. The summed E-state index contributed by atoms with van der Waals surface area (Å²) in [4.78, 5) is 4.35. The smallest absolute Gasteiger partial charge is 0.126 e. The molecule has 1 aliphatic rings. The van der Waals surface area contributed by atoms with E-state index in [2.05, 4.69) is 45.9 Å². The minimum absolute atomic E-state index is 0.349. The fourth-order valence-electron chi connectivity index (χ4n) is 3.63. The van der Waals surface area contributed by atoms with Gasteiger partial charge in [0.05, 0.1) is 19.5 Å². The Bertz CT molecular complexity index is 822. The zero-order valence-corrected chi connectivity index (χ0v) is 13.3. The van der Waals surface area contributed by atoms with Crippen molar-refractivity contribution in [3.63, 3.8) is 0 Å². The Balaban J connectivity index is 1.86. The van der Waals surface area contributed by atoms with Crippen molar-refractivity contribution in [3.8, 4) is 16.9 Å². The lowest BCUT2D eigenvalue weighted by molar-refractivity contribution is 0.416. The molecule has 23 heavy (non-hydrogen) atoms. The van der Waals surface area contributed by atoms with E-state index in [-0.39, 0.29) is 0 Å². The predicted molar refractivity (Wildman–Crippen MR) is 91.7 cm³/mol. The summed E-state index contributed by atoms with van der Waals surface area (Å²) in [6.45, 7) is 0. The number of methoxy groups -OCH3 is 1. The van der Waals surface area contributed by atoms with Crippen molar-refractivity contribution >= 4 is 0 Å². The van der Waals surface area contributed by atoms with Gasteiger partial charge in [-0.15, -0.1) is 0 Å². The maximum atomic E-state index is 5.58. The van der Waals surface area contributed by atoms with Crippen molar-refractivity contribution in [1.29, 1.82) is 0 Å². The molecule has 1 unspecified atom stereocenters. The van der Waals surface area contributed by atoms with E-state index in [1.54, 1.807) is 7.11 Å². The Hall–Kier alpha value is -2.55. The molecule has 1 aromatic heterocycles. The molecule has 0 saturated heterocycles. The highest BCUT2D eigenvalue weighted by Gasteiger charge is 2.24. The van der Waals surface area contributed by atoms with Gasteiger partial charge < -0.3 is 9.30 Å². The molecule has 0 aliphatic carbocycles. The van der Waals surface area contributed by atoms with Gasteiger partial charge in [-0.2, -0.15) is 0 Å². The van der Waals surface area contributed by atoms with E-state index >= 15 is 0 Å². The number of benzene rings is 2. The summed E-state index contributed by atoms with van der Waals surface area (Å²) in [5.41, 5.74) is 5.07. The van der Waals surface area contributed by atoms with Crippen molar-refractivity contribution in [2.24, 2.45) is 0 Å². The van der Waals surface area contributed by atoms with Gasteiger partial charge in [-0.05, 0) is 36.5 Å². The molecule has 3 nitrogen and oxygen atoms in total. The zero-order chi connectivity index (χ0) is 15.6. The van der Waals surface area contributed by atoms with Crippen molar-refractivity contribution < 1.29 is 4.74 Å². The van der Waals surface area contributed by atoms with Gasteiger partial charge in [-0.1, -0.05) is 42.5 Å². The van der Waals surface area contributed by atoms with Crippen LogP contribution in [0, 0.1) is 0 Å². The minimum atomic E-state index is 0.349. The van der Waals surface area contributed by atoms with Gasteiger partial charge >= 0.3 is 0 Å². The number of fused-ring (bicyclic) bond motifs is 1. The van der Waals surface area contributed by atoms with Gasteiger partial charge in [0.25, 0.3) is 0 Å². The van der Waals surface area contributed by atoms with Crippen LogP contribution in [-0.2, 0) is 6.42 Å². The molecule has 0 spiro atoms. The number of aryl methyl sites for hydroxylation is 1. The van der Waals surface area contributed by atoms with Crippen LogP contribution in [0.15, 0.2) is 61.1 Å². The van der Waals surface area contributed by atoms with E-state index in [0.29, 0.717) is 6.04 Å². The van der Waals surface area contributed by atoms with E-state index in [1.807, 2.05) is 24.7 Å². The van der Waals surface area contributed by atoms with Crippen LogP contribution in [0.3, 0.4) is 0 Å². The monoisotopic (exact) mass is 304 g/mol. The number of aromatic nitrogens is 2. The Morgan fingerprint density at radius 3 is 2.70 bits per heavy atom. The second-order valence-electron chi connectivity index (χ2n) is 5.99. The van der Waals surface area contributed by atoms with Gasteiger partial charge in [-0.3, -0.25) is 0 Å². The average Bonchev–Trinajstić information content (AvgIpc) is 3.10. The maximum absolute atomic E-state index is 5.58. The lowest BCUT2D eigenvalue weighted by atomic mass is 9.89. The van der Waals surface area contributed by atoms with Crippen LogP contribution in [0.1, 0.15) is 30.1 Å². The van der Waals surface area contributed by atoms with Crippen LogP contribution < -0.4 is 4.74 Å². The minimum Gasteiger partial charge on any atom is -0.496 e. The molecule has 2 heterocycles. The largest absolute Gasteiger partial charge is 0.496 e. The first-order valence-corrected chi connectivity index (χ1v) is 8.11. The summed E-state index contributed by atoms with van der Waals surface area (Å²) in [6.07, 6.45) is 7.44. The maximum Gasteiger partial charge on any atom is 0.126 e. The second-order valence-corrected chi connectivity index (χ2v) is 5.99. The summed E-state index contributed by atoms with van der Waals surface area (Å²) >= 11 is 0. The Kier molecular flexibility index (Phi) is 3.62. The predicted octanol–water partition coefficient (Wildman–Crippen LogP) is 4.48. The van der Waals surface area contributed by atoms with Crippen LogP contribution in [-0.4, -0.2) is 16.7 Å². The Morgan fingerprint density at radius 2 is 1.83 bits per heavy atom. The Morgan fingerprint density at radius 1 is 1.04 bits per heavy atom. The third-order valence-corrected chi connectivity index (χ3v) is 4.71. The molecule has 116 valence electrons. The van der Waals surface area contributed by atoms with E-state index < -0.39 is 0 Å². The highest BCUT2D eigenvalue weighted by Crippen LogP contribution is 2.39. The number of hydrogen-bond acceptors (Lipinski definition) is 2. The van der Waals surface area contributed by atoms with Crippen molar-refractivity contribution in [3.05, 3.63) is 72.3 Å². The van der Waals surface area contributed by atoms with Crippen molar-refractivity contribution in [1.82, 2.24) is 9.55 Å². The highest BCUT2D eigenvalue weighted by molar-refractivity contribution is 5.74. The van der Waals surface area contributed by atoms with Crippen molar-refractivity contribution in [2.75, 3.05) is 7.11 Å². The molecule has 0 fully saturated rings. The highest BCUT2D eigenvalue weighted by atomic mass is 16.5. The first-order valence-electron chi connectivity index (χ1n) is 8.11. The third kappa shape index (κ3) is 2.42. The topological polar surface area (TPSA) is 27.1 Å². The zero-order valence-electron chi connectivity index (χ0n) is 13.3. The van der Waals surface area contributed by atoms with E-state index in [4.69, 9.17) is 4.74 Å². The van der Waals surface area contributed by atoms with Crippen molar-refractivity contribution in [2.45, 2.75) is 25.3 Å². The van der Waals surface area contributed by atoms with Crippen LogP contribution in [0.4, 0.5) is 0 Å². The molecular formula is C20H20N2O. The fraction of sp³-hybridized carbons (Fsp3) is 0.250. The number of hydrogen-bond donors (Lipinski definition) is 0. The lowest BCUT2D eigenvalue weighted by Crippen LogP contribution is -2.18. The summed E-state index contributed by atoms with van der Waals surface area (Å²) in [6, 6.07) is 17.2. The van der Waals surface area contributed by atoms with Crippen LogP contribution in [0.2, 0.25) is 0 Å². The molecule has 1 aliphatic heterocycles. The molecule has 4 rings (SSSR count). The molecule has 3 aromatic rings. The van der Waals surface area contributed by atoms with Gasteiger partial charge in [-0.25, -0.2) is 4.98 Å². The van der Waals surface area contributed by atoms with Gasteiger partial charge in [0.2, 0.25) is 0 Å². The van der Waals surface area contributed by atoms with Crippen LogP contribution >= 0.6 is 0 Å². The first kappa shape index (κ1) is 14.1. The lowest BCUT2D eigenvalue weighted by Gasteiger charge is -2.28. The number of rotatable bonds is 3. The van der Waals surface area contributed by atoms with Gasteiger partial charge in [0, 0.05) is 17.5 Å². The summed E-state index contributed by atoms with van der Waals surface area (Å²) in [5.74, 6) is 0.918. The molecule has 1 atom stereocenters. The second kappa shape index (κ2) is 5.92. The summed E-state index contributed by atoms with van der Waals surface area (Å²) in [5, 5.41) is 0. The average molecular weight is 304 g/mol. The summed E-state index contributed by atoms with van der Waals surface area (Å²) < 4.78 is 7.91. The molecule has 0 N–H and O–H groups in total. The van der Waals surface area contributed by atoms with E-state index in [9.17, 15) is 0 Å². The Labute approximate surface area is 136 Å². The summed E-state index contributed by atoms with van der Waals surface area (Å²) in [7, 11) is 1.73. The molecule has 0 amide bonds. The molecular weight excluding hydrogens is 284 g/mol. The molecule has 0 saturated carbocycles. The SMILES string of the molecule is COc1ccccc1-c1ccccc1C1CCCc2cncn21.